The normalized spacial score (nSPS) is 10.1. The van der Waals surface area contributed by atoms with Crippen molar-refractivity contribution >= 4 is 22.9 Å². The van der Waals surface area contributed by atoms with E-state index in [1.54, 1.807) is 0 Å². The van der Waals surface area contributed by atoms with Gasteiger partial charge < -0.3 is 31.7 Å². The maximum absolute atomic E-state index is 5.53. The Bertz CT molecular complexity index is 455. The summed E-state index contributed by atoms with van der Waals surface area (Å²) in [6, 6.07) is 0. The average Bonchev–Trinajstić information content (AvgIpc) is 2.65. The van der Waals surface area contributed by atoms with E-state index in [1.165, 1.54) is 6.33 Å². The first-order valence-corrected chi connectivity index (χ1v) is 4.66. The molecular weight excluding hydrogens is 283 g/mol. The molecule has 2 aromatic heterocycles. The average molecular weight is 295 g/mol. The van der Waals surface area contributed by atoms with Gasteiger partial charge >= 0.3 is 0 Å². The van der Waals surface area contributed by atoms with Crippen LogP contribution in [0.15, 0.2) is 6.33 Å². The Hall–Kier alpha value is -0.786. The number of nitrogen functional groups attached to an aromatic ring is 1. The molecule has 0 aliphatic carbocycles. The van der Waals surface area contributed by atoms with Gasteiger partial charge in [-0.15, -0.1) is 0 Å². The zero-order valence-corrected chi connectivity index (χ0v) is 11.6. The van der Waals surface area contributed by atoms with E-state index in [2.05, 4.69) is 25.3 Å². The van der Waals surface area contributed by atoms with Gasteiger partial charge in [-0.25, -0.2) is 4.98 Å². The molecule has 0 fully saturated rings. The summed E-state index contributed by atoms with van der Waals surface area (Å²) in [7, 11) is 0. The monoisotopic (exact) mass is 295 g/mol. The van der Waals surface area contributed by atoms with Crippen molar-refractivity contribution in [2.24, 2.45) is 5.73 Å². The van der Waals surface area contributed by atoms with Gasteiger partial charge in [-0.1, -0.05) is 0 Å². The van der Waals surface area contributed by atoms with Gasteiger partial charge in [-0.05, 0) is 19.3 Å². The fraction of sp³-hybridized carbons (Fsp3) is 0.375. The van der Waals surface area contributed by atoms with Crippen molar-refractivity contribution in [3.8, 4) is 0 Å². The maximum Gasteiger partial charge on any atom is 0.150 e. The number of nitrogens with one attached hydrogen (secondary N) is 1. The Morgan fingerprint density at radius 2 is 2.19 bits per heavy atom. The second-order valence-electron chi connectivity index (χ2n) is 3.05. The molecule has 0 aromatic carbocycles. The summed E-state index contributed by atoms with van der Waals surface area (Å²) in [5.74, 6) is 0.807. The number of nitrogens with zero attached hydrogens (tertiary/aromatic N) is 4. The third-order valence-corrected chi connectivity index (χ3v) is 1.92. The number of hydrogen-bond donors (Lipinski definition) is 3. The molecule has 16 heavy (non-hydrogen) atoms. The summed E-state index contributed by atoms with van der Waals surface area (Å²) in [4.78, 5) is 16.0. The maximum atomic E-state index is 5.53. The predicted molar refractivity (Wildman–Crippen MR) is 57.2 cm³/mol. The summed E-state index contributed by atoms with van der Waals surface area (Å²) >= 11 is 0. The molecule has 2 aromatic rings. The van der Waals surface area contributed by atoms with Crippen molar-refractivity contribution < 1.29 is 32.7 Å². The van der Waals surface area contributed by atoms with Crippen LogP contribution < -0.4 is 21.8 Å². The SMILES string of the molecule is NCCCNc1nc(N)nc2[n-]cnc12.[Y]. The van der Waals surface area contributed by atoms with E-state index in [0.29, 0.717) is 23.5 Å². The van der Waals surface area contributed by atoms with E-state index in [9.17, 15) is 0 Å². The third kappa shape index (κ3) is 2.87. The number of nitrogens with two attached hydrogens (primary N) is 2. The molecule has 0 saturated carbocycles. The van der Waals surface area contributed by atoms with Gasteiger partial charge in [-0.2, -0.15) is 0 Å². The first kappa shape index (κ1) is 13.3. The fourth-order valence-electron chi connectivity index (χ4n) is 1.24. The molecule has 0 spiro atoms. The Kier molecular flexibility index (Phi) is 5.04. The van der Waals surface area contributed by atoms with Gasteiger partial charge in [0.25, 0.3) is 0 Å². The molecule has 5 N–H and O–H groups in total. The second-order valence-corrected chi connectivity index (χ2v) is 3.05. The molecule has 0 unspecified atom stereocenters. The fourth-order valence-corrected chi connectivity index (χ4v) is 1.24. The minimum absolute atomic E-state index is 0. The van der Waals surface area contributed by atoms with Crippen LogP contribution in [0, 0.1) is 0 Å². The van der Waals surface area contributed by atoms with E-state index in [1.807, 2.05) is 0 Å². The summed E-state index contributed by atoms with van der Waals surface area (Å²) in [5, 5.41) is 3.10. The predicted octanol–water partition coefficient (Wildman–Crippen LogP) is -0.678. The zero-order chi connectivity index (χ0) is 10.7. The Morgan fingerprint density at radius 3 is 2.94 bits per heavy atom. The van der Waals surface area contributed by atoms with E-state index in [-0.39, 0.29) is 38.7 Å². The van der Waals surface area contributed by atoms with Crippen molar-refractivity contribution in [1.82, 2.24) is 19.9 Å². The van der Waals surface area contributed by atoms with Crippen LogP contribution in [0.2, 0.25) is 0 Å². The third-order valence-electron chi connectivity index (χ3n) is 1.92. The van der Waals surface area contributed by atoms with Crippen molar-refractivity contribution in [2.45, 2.75) is 6.42 Å². The molecular formula is C8H12N7Y-. The number of imidazole rings is 1. The van der Waals surface area contributed by atoms with Crippen molar-refractivity contribution in [1.29, 1.82) is 0 Å². The summed E-state index contributed by atoms with van der Waals surface area (Å²) in [5.41, 5.74) is 12.1. The molecule has 0 aliphatic heterocycles. The van der Waals surface area contributed by atoms with E-state index >= 15 is 0 Å². The standard InChI is InChI=1S/C8H12N7.Y/c9-2-1-3-11-6-5-7(13-4-12-5)15-8(10)14-6;/h4H,1-3,9H2,(H3-,10,11,12,13,14,15);/q-1;. The minimum atomic E-state index is 0. The van der Waals surface area contributed by atoms with Gasteiger partial charge in [0.2, 0.25) is 0 Å². The van der Waals surface area contributed by atoms with Gasteiger partial charge in [-0.3, -0.25) is 0 Å². The van der Waals surface area contributed by atoms with Crippen LogP contribution in [-0.4, -0.2) is 28.0 Å². The molecule has 83 valence electrons. The molecule has 7 nitrogen and oxygen atoms in total. The quantitative estimate of drug-likeness (QED) is 0.640. The topological polar surface area (TPSA) is 117 Å². The van der Waals surface area contributed by atoms with Gasteiger partial charge in [0, 0.05) is 50.4 Å². The molecule has 0 amide bonds. The van der Waals surface area contributed by atoms with Crippen LogP contribution in [0.25, 0.3) is 11.2 Å². The smallest absolute Gasteiger partial charge is 0.150 e. The Morgan fingerprint density at radius 1 is 1.38 bits per heavy atom. The summed E-state index contributed by atoms with van der Waals surface area (Å²) < 4.78 is 0. The minimum Gasteiger partial charge on any atom is -0.381 e. The molecule has 0 atom stereocenters. The van der Waals surface area contributed by atoms with E-state index < -0.39 is 0 Å². The van der Waals surface area contributed by atoms with Crippen LogP contribution in [-0.2, 0) is 32.7 Å². The van der Waals surface area contributed by atoms with Gasteiger partial charge in [0.05, 0.1) is 0 Å². The van der Waals surface area contributed by atoms with Crippen LogP contribution in [0.3, 0.4) is 0 Å². The zero-order valence-electron chi connectivity index (χ0n) is 8.72. The Balaban J connectivity index is 0.00000128. The van der Waals surface area contributed by atoms with Gasteiger partial charge in [0.1, 0.15) is 11.8 Å². The van der Waals surface area contributed by atoms with E-state index in [0.717, 1.165) is 13.0 Å². The largest absolute Gasteiger partial charge is 0.381 e. The molecule has 1 radical (unpaired) electrons. The molecule has 2 heterocycles. The first-order valence-electron chi connectivity index (χ1n) is 4.66. The van der Waals surface area contributed by atoms with Crippen molar-refractivity contribution in [3.05, 3.63) is 6.33 Å². The van der Waals surface area contributed by atoms with E-state index in [4.69, 9.17) is 11.5 Å². The van der Waals surface area contributed by atoms with Crippen LogP contribution >= 0.6 is 0 Å². The molecule has 0 bridgehead atoms. The summed E-state index contributed by atoms with van der Waals surface area (Å²) in [6.45, 7) is 1.36. The van der Waals surface area contributed by atoms with Crippen molar-refractivity contribution in [2.75, 3.05) is 24.1 Å². The number of rotatable bonds is 4. The Labute approximate surface area is 118 Å². The molecule has 0 saturated heterocycles. The van der Waals surface area contributed by atoms with Gasteiger partial charge in [0.15, 0.2) is 0 Å². The molecule has 8 heteroatoms. The van der Waals surface area contributed by atoms with Crippen LogP contribution in [0.5, 0.6) is 0 Å². The number of hydrogen-bond acceptors (Lipinski definition) is 6. The van der Waals surface area contributed by atoms with Crippen molar-refractivity contribution in [3.63, 3.8) is 0 Å². The number of aromatic nitrogens is 4. The molecule has 0 aliphatic rings. The number of fused-ring (bicyclic) bond motifs is 1. The first-order chi connectivity index (χ1) is 7.31. The van der Waals surface area contributed by atoms with Crippen LogP contribution in [0.4, 0.5) is 11.8 Å². The second kappa shape index (κ2) is 6.07. The summed E-state index contributed by atoms with van der Waals surface area (Å²) in [6.07, 6.45) is 2.30. The molecule has 2 rings (SSSR count). The number of anilines is 2. The van der Waals surface area contributed by atoms with Crippen LogP contribution in [0.1, 0.15) is 6.42 Å².